The third kappa shape index (κ3) is 3.41. The molecule has 1 aromatic heterocycles. The minimum atomic E-state index is -4.37. The quantitative estimate of drug-likeness (QED) is 0.765. The second-order valence-corrected chi connectivity index (χ2v) is 5.36. The number of hydrogen-bond acceptors (Lipinski definition) is 5. The molecule has 8 heteroatoms. The Labute approximate surface area is 106 Å². The van der Waals surface area contributed by atoms with Crippen LogP contribution in [-0.4, -0.2) is 35.8 Å². The number of thiazole rings is 1. The average Bonchev–Trinajstić information content (AvgIpc) is 2.88. The van der Waals surface area contributed by atoms with Crippen LogP contribution in [0.3, 0.4) is 0 Å². The van der Waals surface area contributed by atoms with E-state index in [0.29, 0.717) is 35.8 Å². The van der Waals surface area contributed by atoms with Crippen molar-refractivity contribution in [2.45, 2.75) is 18.8 Å². The largest absolute Gasteiger partial charge is 0.443 e. The zero-order chi connectivity index (χ0) is 13.2. The highest BCUT2D eigenvalue weighted by molar-refractivity contribution is 7.11. The highest BCUT2D eigenvalue weighted by Crippen LogP contribution is 2.32. The molecule has 2 heterocycles. The van der Waals surface area contributed by atoms with Crippen molar-refractivity contribution < 1.29 is 18.3 Å². The fourth-order valence-electron chi connectivity index (χ4n) is 1.83. The van der Waals surface area contributed by atoms with Gasteiger partial charge in [-0.15, -0.1) is 11.3 Å². The Morgan fingerprint density at radius 3 is 2.83 bits per heavy atom. The van der Waals surface area contributed by atoms with Gasteiger partial charge in [-0.2, -0.15) is 13.2 Å². The molecule has 1 aliphatic heterocycles. The Morgan fingerprint density at radius 1 is 1.50 bits per heavy atom. The molecule has 0 bridgehead atoms. The number of aliphatic hydroxyl groups excluding tert-OH is 1. The van der Waals surface area contributed by atoms with Crippen LogP contribution in [0.4, 0.5) is 13.2 Å². The molecule has 4 nitrogen and oxygen atoms in total. The molecule has 0 spiro atoms. The Balaban J connectivity index is 1.78. The van der Waals surface area contributed by atoms with Crippen LogP contribution in [0.1, 0.15) is 9.88 Å². The van der Waals surface area contributed by atoms with E-state index in [1.165, 1.54) is 6.20 Å². The first-order chi connectivity index (χ1) is 8.47. The summed E-state index contributed by atoms with van der Waals surface area (Å²) in [6.45, 7) is 2.22. The van der Waals surface area contributed by atoms with Gasteiger partial charge in [-0.25, -0.2) is 4.98 Å². The minimum absolute atomic E-state index is 0.111. The van der Waals surface area contributed by atoms with Gasteiger partial charge in [0.05, 0.1) is 6.10 Å². The Bertz CT molecular complexity index is 396. The van der Waals surface area contributed by atoms with Crippen LogP contribution >= 0.6 is 11.3 Å². The summed E-state index contributed by atoms with van der Waals surface area (Å²) in [5.74, 6) is 0.111. The summed E-state index contributed by atoms with van der Waals surface area (Å²) in [6, 6.07) is 0. The van der Waals surface area contributed by atoms with Gasteiger partial charge in [0.1, 0.15) is 0 Å². The molecule has 2 atom stereocenters. The average molecular weight is 281 g/mol. The smallest absolute Gasteiger partial charge is 0.391 e. The number of β-amino-alcohol motifs (C(OH)–C–C–N with tert-alkyl or cyclic N) is 1. The zero-order valence-electron chi connectivity index (χ0n) is 9.50. The third-order valence-corrected chi connectivity index (χ3v) is 3.85. The fourth-order valence-corrected chi connectivity index (χ4v) is 2.58. The molecule has 1 aromatic rings. The van der Waals surface area contributed by atoms with Crippen molar-refractivity contribution in [2.75, 3.05) is 19.6 Å². The lowest BCUT2D eigenvalue weighted by molar-refractivity contribution is -0.137. The van der Waals surface area contributed by atoms with Crippen molar-refractivity contribution in [2.24, 2.45) is 5.92 Å². The first-order valence-electron chi connectivity index (χ1n) is 5.58. The van der Waals surface area contributed by atoms with Gasteiger partial charge >= 0.3 is 6.18 Å². The fraction of sp³-hybridized carbons (Fsp3) is 0.700. The minimum Gasteiger partial charge on any atom is -0.391 e. The van der Waals surface area contributed by atoms with Gasteiger partial charge in [0.25, 0.3) is 0 Å². The normalized spacial score (nSPS) is 24.7. The van der Waals surface area contributed by atoms with Crippen molar-refractivity contribution >= 4 is 11.3 Å². The van der Waals surface area contributed by atoms with Crippen molar-refractivity contribution in [1.29, 1.82) is 0 Å². The molecule has 2 rings (SSSR count). The topological polar surface area (TPSA) is 57.2 Å². The maximum atomic E-state index is 12.3. The van der Waals surface area contributed by atoms with E-state index in [2.05, 4.69) is 15.6 Å². The summed E-state index contributed by atoms with van der Waals surface area (Å²) >= 11 is 0.646. The number of hydrogen-bond donors (Lipinski definition) is 3. The van der Waals surface area contributed by atoms with Gasteiger partial charge in [0.2, 0.25) is 0 Å². The van der Waals surface area contributed by atoms with Crippen LogP contribution in [0.2, 0.25) is 0 Å². The van der Waals surface area contributed by atoms with Gasteiger partial charge in [-0.1, -0.05) is 0 Å². The molecule has 102 valence electrons. The molecule has 1 aliphatic rings. The second-order valence-electron chi connectivity index (χ2n) is 4.25. The Kier molecular flexibility index (Phi) is 4.21. The van der Waals surface area contributed by atoms with Gasteiger partial charge in [0.15, 0.2) is 5.01 Å². The second kappa shape index (κ2) is 5.52. The highest BCUT2D eigenvalue weighted by Gasteiger charge is 2.34. The maximum Gasteiger partial charge on any atom is 0.443 e. The monoisotopic (exact) mass is 281 g/mol. The van der Waals surface area contributed by atoms with Gasteiger partial charge in [-0.05, 0) is 0 Å². The predicted molar refractivity (Wildman–Crippen MR) is 61.2 cm³/mol. The van der Waals surface area contributed by atoms with Crippen LogP contribution < -0.4 is 10.6 Å². The number of halogens is 3. The van der Waals surface area contributed by atoms with E-state index in [1.54, 1.807) is 0 Å². The summed E-state index contributed by atoms with van der Waals surface area (Å²) in [5, 5.41) is 14.8. The van der Waals surface area contributed by atoms with Crippen molar-refractivity contribution in [3.05, 3.63) is 16.1 Å². The van der Waals surface area contributed by atoms with E-state index in [9.17, 15) is 18.3 Å². The number of aliphatic hydroxyl groups is 1. The van der Waals surface area contributed by atoms with E-state index in [1.807, 2.05) is 0 Å². The first kappa shape index (κ1) is 13.7. The lowest BCUT2D eigenvalue weighted by Crippen LogP contribution is -2.29. The summed E-state index contributed by atoms with van der Waals surface area (Å²) in [5.41, 5.74) is 0. The van der Waals surface area contributed by atoms with Gasteiger partial charge in [-0.3, -0.25) is 0 Å². The highest BCUT2D eigenvalue weighted by atomic mass is 32.1. The molecule has 1 fully saturated rings. The molecule has 18 heavy (non-hydrogen) atoms. The standard InChI is InChI=1S/C10H14F3N3OS/c11-10(12,13)9-16-4-7(18-9)3-14-1-6-2-15-5-8(6)17/h4,6,8,14-15,17H,1-3,5H2. The molecule has 0 radical (unpaired) electrons. The Hall–Kier alpha value is -0.700. The number of aromatic nitrogens is 1. The molecule has 0 amide bonds. The predicted octanol–water partition coefficient (Wildman–Crippen LogP) is 0.832. The van der Waals surface area contributed by atoms with Gasteiger partial charge < -0.3 is 15.7 Å². The molecular formula is C10H14F3N3OS. The Morgan fingerprint density at radius 2 is 2.28 bits per heavy atom. The van der Waals surface area contributed by atoms with Crippen molar-refractivity contribution in [1.82, 2.24) is 15.6 Å². The van der Waals surface area contributed by atoms with E-state index in [0.717, 1.165) is 6.54 Å². The molecule has 0 aliphatic carbocycles. The SMILES string of the molecule is OC1CNCC1CNCc1cnc(C(F)(F)F)s1. The number of rotatable bonds is 4. The lowest BCUT2D eigenvalue weighted by Gasteiger charge is -2.13. The first-order valence-corrected chi connectivity index (χ1v) is 6.40. The van der Waals surface area contributed by atoms with Gasteiger partial charge in [0, 0.05) is 43.2 Å². The lowest BCUT2D eigenvalue weighted by atomic mass is 10.1. The zero-order valence-corrected chi connectivity index (χ0v) is 10.3. The van der Waals surface area contributed by atoms with Crippen LogP contribution in [0.25, 0.3) is 0 Å². The number of nitrogens with zero attached hydrogens (tertiary/aromatic N) is 1. The number of alkyl halides is 3. The third-order valence-electron chi connectivity index (χ3n) is 2.81. The van der Waals surface area contributed by atoms with E-state index in [4.69, 9.17) is 0 Å². The summed E-state index contributed by atoms with van der Waals surface area (Å²) in [4.78, 5) is 3.89. The summed E-state index contributed by atoms with van der Waals surface area (Å²) in [6.07, 6.45) is -3.51. The molecule has 1 saturated heterocycles. The molecule has 0 aromatic carbocycles. The van der Waals surface area contributed by atoms with Crippen LogP contribution in [0.15, 0.2) is 6.20 Å². The van der Waals surface area contributed by atoms with Crippen LogP contribution in [0.5, 0.6) is 0 Å². The molecular weight excluding hydrogens is 267 g/mol. The van der Waals surface area contributed by atoms with Crippen LogP contribution in [0, 0.1) is 5.92 Å². The molecule has 3 N–H and O–H groups in total. The summed E-state index contributed by atoms with van der Waals surface area (Å²) < 4.78 is 36.9. The number of nitrogens with one attached hydrogen (secondary N) is 2. The molecule has 2 unspecified atom stereocenters. The molecule has 0 saturated carbocycles. The van der Waals surface area contributed by atoms with E-state index >= 15 is 0 Å². The maximum absolute atomic E-state index is 12.3. The summed E-state index contributed by atoms with van der Waals surface area (Å²) in [7, 11) is 0. The van der Waals surface area contributed by atoms with Crippen LogP contribution in [-0.2, 0) is 12.7 Å². The van der Waals surface area contributed by atoms with Crippen molar-refractivity contribution in [3.63, 3.8) is 0 Å². The van der Waals surface area contributed by atoms with Crippen molar-refractivity contribution in [3.8, 4) is 0 Å². The van der Waals surface area contributed by atoms with E-state index in [-0.39, 0.29) is 12.0 Å². The van der Waals surface area contributed by atoms with E-state index < -0.39 is 11.2 Å².